The van der Waals surface area contributed by atoms with E-state index in [4.69, 9.17) is 0 Å². The fraction of sp³-hybridized carbons (Fsp3) is 0. The van der Waals surface area contributed by atoms with E-state index in [2.05, 4.69) is 16.7 Å². The monoisotopic (exact) mass is 111 g/mol. The predicted molar refractivity (Wildman–Crippen MR) is 32.6 cm³/mol. The predicted octanol–water partition coefficient (Wildman–Crippen LogP) is -0.0996. The van der Waals surface area contributed by atoms with Crippen molar-refractivity contribution in [3.05, 3.63) is 30.6 Å². The van der Waals surface area contributed by atoms with Crippen molar-refractivity contribution in [1.29, 1.82) is 0 Å². The molecule has 0 aromatic carbocycles. The first-order chi connectivity index (χ1) is 4.00. The fourth-order valence-electron chi connectivity index (χ4n) is 0.313. The summed E-state index contributed by atoms with van der Waals surface area (Å²) >= 11 is 0. The first-order valence-electron chi connectivity index (χ1n) is 2.18. The van der Waals surface area contributed by atoms with E-state index in [1.807, 2.05) is 18.2 Å². The zero-order valence-electron chi connectivity index (χ0n) is 4.49. The molecule has 1 aromatic rings. The molecule has 44 valence electrons. The van der Waals surface area contributed by atoms with E-state index in [-0.39, 0.29) is 0 Å². The average molecular weight is 111 g/mol. The number of hydrogen-bond acceptors (Lipinski definition) is 3. The number of nitrogens with zero attached hydrogens (tertiary/aromatic N) is 1. The van der Waals surface area contributed by atoms with Gasteiger partial charge in [-0.15, -0.1) is 0 Å². The summed E-state index contributed by atoms with van der Waals surface area (Å²) in [6.07, 6.45) is 3.50. The first kappa shape index (κ1) is 7.07. The maximum atomic E-state index is 4.00. The average Bonchev–Trinajstić information content (AvgIpc) is 1.96. The van der Waals surface area contributed by atoms with Crippen molar-refractivity contribution in [2.24, 2.45) is 11.7 Å². The van der Waals surface area contributed by atoms with Crippen LogP contribution in [0.5, 0.6) is 0 Å². The Morgan fingerprint density at radius 3 is 1.50 bits per heavy atom. The molecular formula is C5H9N3. The van der Waals surface area contributed by atoms with Crippen molar-refractivity contribution in [3.63, 3.8) is 0 Å². The molecule has 4 N–H and O–H groups in total. The molecule has 0 saturated carbocycles. The van der Waals surface area contributed by atoms with Crippen molar-refractivity contribution in [1.82, 2.24) is 4.98 Å². The second-order valence-corrected chi connectivity index (χ2v) is 1.02. The van der Waals surface area contributed by atoms with Gasteiger partial charge in [-0.05, 0) is 12.1 Å². The van der Waals surface area contributed by atoms with Crippen LogP contribution in [0.4, 0.5) is 0 Å². The lowest BCUT2D eigenvalue weighted by atomic mass is 10.5. The lowest BCUT2D eigenvalue weighted by Crippen LogP contribution is -2.02. The van der Waals surface area contributed by atoms with Crippen molar-refractivity contribution in [2.45, 2.75) is 0 Å². The Morgan fingerprint density at radius 1 is 0.875 bits per heavy atom. The summed E-state index contributed by atoms with van der Waals surface area (Å²) in [5.74, 6) is 8.00. The molecule has 0 atom stereocenters. The van der Waals surface area contributed by atoms with Crippen LogP contribution in [0.1, 0.15) is 0 Å². The van der Waals surface area contributed by atoms with Gasteiger partial charge >= 0.3 is 0 Å². The molecular weight excluding hydrogens is 102 g/mol. The minimum atomic E-state index is 1.75. The molecule has 0 saturated heterocycles. The van der Waals surface area contributed by atoms with E-state index >= 15 is 0 Å². The van der Waals surface area contributed by atoms with Crippen molar-refractivity contribution in [3.8, 4) is 0 Å². The maximum absolute atomic E-state index is 4.00. The van der Waals surface area contributed by atoms with Gasteiger partial charge in [-0.3, -0.25) is 16.7 Å². The van der Waals surface area contributed by atoms with Crippen LogP contribution in [0.3, 0.4) is 0 Å². The first-order valence-corrected chi connectivity index (χ1v) is 2.18. The van der Waals surface area contributed by atoms with Gasteiger partial charge < -0.3 is 0 Å². The fourth-order valence-corrected chi connectivity index (χ4v) is 0.313. The third-order valence-electron chi connectivity index (χ3n) is 0.566. The molecule has 3 nitrogen and oxygen atoms in total. The van der Waals surface area contributed by atoms with Gasteiger partial charge in [0, 0.05) is 12.4 Å². The normalized spacial score (nSPS) is 6.75. The largest absolute Gasteiger partial charge is 0.274 e. The summed E-state index contributed by atoms with van der Waals surface area (Å²) < 4.78 is 0. The quantitative estimate of drug-likeness (QED) is 0.363. The summed E-state index contributed by atoms with van der Waals surface area (Å²) in [6.45, 7) is 0. The Morgan fingerprint density at radius 2 is 1.38 bits per heavy atom. The van der Waals surface area contributed by atoms with Crippen LogP contribution in [0, 0.1) is 0 Å². The molecule has 0 spiro atoms. The zero-order chi connectivity index (χ0) is 6.24. The van der Waals surface area contributed by atoms with Gasteiger partial charge in [-0.1, -0.05) is 6.07 Å². The van der Waals surface area contributed by atoms with Crippen LogP contribution in [0.2, 0.25) is 0 Å². The third-order valence-corrected chi connectivity index (χ3v) is 0.566. The Kier molecular flexibility index (Phi) is 5.36. The summed E-state index contributed by atoms with van der Waals surface area (Å²) in [7, 11) is 0. The third kappa shape index (κ3) is 3.27. The highest BCUT2D eigenvalue weighted by Crippen LogP contribution is 1.73. The summed E-state index contributed by atoms with van der Waals surface area (Å²) in [5.41, 5.74) is 0. The minimum Gasteiger partial charge on any atom is -0.274 e. The van der Waals surface area contributed by atoms with Gasteiger partial charge in [0.1, 0.15) is 0 Å². The molecule has 3 heteroatoms. The number of hydrazine groups is 1. The lowest BCUT2D eigenvalue weighted by Gasteiger charge is -1.70. The Labute approximate surface area is 48.3 Å². The molecule has 8 heavy (non-hydrogen) atoms. The molecule has 0 bridgehead atoms. The van der Waals surface area contributed by atoms with Gasteiger partial charge in [0.2, 0.25) is 0 Å². The number of rotatable bonds is 0. The molecule has 0 amide bonds. The summed E-state index contributed by atoms with van der Waals surface area (Å²) in [4.78, 5) is 3.78. The van der Waals surface area contributed by atoms with Gasteiger partial charge in [-0.2, -0.15) is 0 Å². The van der Waals surface area contributed by atoms with E-state index in [0.29, 0.717) is 0 Å². The molecule has 1 aromatic heterocycles. The second-order valence-electron chi connectivity index (χ2n) is 1.02. The smallest absolute Gasteiger partial charge is 0.0267 e. The maximum Gasteiger partial charge on any atom is 0.0267 e. The lowest BCUT2D eigenvalue weighted by molar-refractivity contribution is 1.26. The van der Waals surface area contributed by atoms with Gasteiger partial charge in [0.05, 0.1) is 0 Å². The van der Waals surface area contributed by atoms with Crippen molar-refractivity contribution < 1.29 is 0 Å². The van der Waals surface area contributed by atoms with E-state index in [1.165, 1.54) is 0 Å². The SMILES string of the molecule is NN.c1ccncc1. The zero-order valence-corrected chi connectivity index (χ0v) is 4.49. The topological polar surface area (TPSA) is 64.9 Å². The van der Waals surface area contributed by atoms with Crippen LogP contribution in [-0.2, 0) is 0 Å². The number of aromatic nitrogens is 1. The van der Waals surface area contributed by atoms with Gasteiger partial charge in [0.15, 0.2) is 0 Å². The van der Waals surface area contributed by atoms with E-state index in [9.17, 15) is 0 Å². The molecule has 0 fully saturated rings. The summed E-state index contributed by atoms with van der Waals surface area (Å²) in [6, 6.07) is 5.72. The number of nitrogens with two attached hydrogens (primary N) is 2. The van der Waals surface area contributed by atoms with Gasteiger partial charge in [0.25, 0.3) is 0 Å². The van der Waals surface area contributed by atoms with Crippen LogP contribution in [0.15, 0.2) is 30.6 Å². The van der Waals surface area contributed by atoms with Crippen LogP contribution >= 0.6 is 0 Å². The standard InChI is InChI=1S/C5H5N.H4N2/c1-2-4-6-5-3-1;1-2/h1-5H;1-2H2. The molecule has 1 rings (SSSR count). The van der Waals surface area contributed by atoms with Crippen molar-refractivity contribution >= 4 is 0 Å². The van der Waals surface area contributed by atoms with Crippen LogP contribution in [-0.4, -0.2) is 4.98 Å². The molecule has 0 radical (unpaired) electrons. The highest BCUT2D eigenvalue weighted by molar-refractivity contribution is 4.88. The van der Waals surface area contributed by atoms with Gasteiger partial charge in [-0.25, -0.2) is 0 Å². The Hall–Kier alpha value is -0.930. The van der Waals surface area contributed by atoms with E-state index in [0.717, 1.165) is 0 Å². The second kappa shape index (κ2) is 6.07. The van der Waals surface area contributed by atoms with Crippen molar-refractivity contribution in [2.75, 3.05) is 0 Å². The molecule has 0 aliphatic rings. The molecule has 0 aliphatic carbocycles. The van der Waals surface area contributed by atoms with E-state index < -0.39 is 0 Å². The summed E-state index contributed by atoms with van der Waals surface area (Å²) in [5, 5.41) is 0. The number of pyridine rings is 1. The Balaban J connectivity index is 0.000000222. The highest BCUT2D eigenvalue weighted by atomic mass is 15.0. The van der Waals surface area contributed by atoms with Crippen LogP contribution < -0.4 is 11.7 Å². The number of hydrogen-bond donors (Lipinski definition) is 2. The Bertz CT molecular complexity index is 79.6. The molecule has 0 unspecified atom stereocenters. The highest BCUT2D eigenvalue weighted by Gasteiger charge is 1.58. The van der Waals surface area contributed by atoms with E-state index in [1.54, 1.807) is 12.4 Å². The molecule has 1 heterocycles. The minimum absolute atomic E-state index is 1.75. The molecule has 0 aliphatic heterocycles. The van der Waals surface area contributed by atoms with Crippen LogP contribution in [0.25, 0.3) is 0 Å².